The molecule has 0 aromatic carbocycles. The van der Waals surface area contributed by atoms with E-state index in [0.717, 1.165) is 17.7 Å². The van der Waals surface area contributed by atoms with Gasteiger partial charge in [-0.2, -0.15) is 18.3 Å². The van der Waals surface area contributed by atoms with E-state index < -0.39 is 11.2 Å². The van der Waals surface area contributed by atoms with Crippen LogP contribution in [0, 0.1) is 0 Å². The number of halogens is 3. The molecule has 4 nitrogen and oxygen atoms in total. The highest BCUT2D eigenvalue weighted by Crippen LogP contribution is 2.36. The number of hydrogen-bond donors (Lipinski definition) is 1. The summed E-state index contributed by atoms with van der Waals surface area (Å²) in [5, 5.41) is 6.75. The van der Waals surface area contributed by atoms with E-state index in [2.05, 4.69) is 15.4 Å². The highest BCUT2D eigenvalue weighted by molar-refractivity contribution is 7.11. The monoisotopic (exact) mass is 318 g/mol. The Kier molecular flexibility index (Phi) is 4.67. The molecule has 0 saturated heterocycles. The first kappa shape index (κ1) is 16.0. The van der Waals surface area contributed by atoms with E-state index in [1.165, 1.54) is 6.20 Å². The van der Waals surface area contributed by atoms with Crippen molar-refractivity contribution in [3.63, 3.8) is 0 Å². The summed E-state index contributed by atoms with van der Waals surface area (Å²) in [5.74, 6) is 0. The van der Waals surface area contributed by atoms with Gasteiger partial charge in [-0.15, -0.1) is 11.3 Å². The molecule has 2 aromatic heterocycles. The van der Waals surface area contributed by atoms with Crippen LogP contribution >= 0.6 is 11.3 Å². The summed E-state index contributed by atoms with van der Waals surface area (Å²) in [6.45, 7) is 4.53. The Labute approximate surface area is 125 Å². The zero-order valence-electron chi connectivity index (χ0n) is 12.0. The van der Waals surface area contributed by atoms with Crippen molar-refractivity contribution in [2.45, 2.75) is 32.5 Å². The zero-order valence-corrected chi connectivity index (χ0v) is 12.8. The summed E-state index contributed by atoms with van der Waals surface area (Å²) in [7, 11) is 1.81. The number of rotatable bonds is 5. The molecule has 2 rings (SSSR count). The second kappa shape index (κ2) is 6.15. The van der Waals surface area contributed by atoms with Crippen molar-refractivity contribution >= 4 is 11.3 Å². The van der Waals surface area contributed by atoms with Crippen LogP contribution in [0.5, 0.6) is 0 Å². The van der Waals surface area contributed by atoms with Crippen LogP contribution in [-0.2, 0) is 19.6 Å². The summed E-state index contributed by atoms with van der Waals surface area (Å²) >= 11 is 0.676. The fourth-order valence-corrected chi connectivity index (χ4v) is 3.07. The number of alkyl halides is 3. The molecule has 0 saturated carbocycles. The number of aryl methyl sites for hydroxylation is 2. The average Bonchev–Trinajstić information content (AvgIpc) is 3.01. The Morgan fingerprint density at radius 3 is 2.62 bits per heavy atom. The fraction of sp³-hybridized carbons (Fsp3) is 0.538. The van der Waals surface area contributed by atoms with E-state index >= 15 is 0 Å². The van der Waals surface area contributed by atoms with Crippen LogP contribution in [0.2, 0.25) is 0 Å². The van der Waals surface area contributed by atoms with Crippen molar-refractivity contribution in [1.29, 1.82) is 0 Å². The Morgan fingerprint density at radius 1 is 1.38 bits per heavy atom. The van der Waals surface area contributed by atoms with Crippen molar-refractivity contribution in [1.82, 2.24) is 20.1 Å². The molecule has 2 heterocycles. The molecular formula is C13H17F3N4S. The SMILES string of the molecule is CCNC(c1cnc(C(F)(F)F)s1)c1cn(C)nc1CC. The van der Waals surface area contributed by atoms with Gasteiger partial charge in [0.2, 0.25) is 0 Å². The molecule has 8 heteroatoms. The number of aromatic nitrogens is 3. The maximum absolute atomic E-state index is 12.7. The van der Waals surface area contributed by atoms with Crippen molar-refractivity contribution in [2.24, 2.45) is 7.05 Å². The van der Waals surface area contributed by atoms with Gasteiger partial charge in [0.25, 0.3) is 0 Å². The lowest BCUT2D eigenvalue weighted by atomic mass is 10.1. The largest absolute Gasteiger partial charge is 0.443 e. The topological polar surface area (TPSA) is 42.7 Å². The molecule has 0 radical (unpaired) electrons. The molecule has 2 aromatic rings. The predicted octanol–water partition coefficient (Wildman–Crippen LogP) is 3.16. The maximum Gasteiger partial charge on any atom is 0.443 e. The Balaban J connectivity index is 2.41. The van der Waals surface area contributed by atoms with Gasteiger partial charge in [0.05, 0.1) is 11.7 Å². The summed E-state index contributed by atoms with van der Waals surface area (Å²) < 4.78 is 39.8. The standard InChI is InChI=1S/C13H17F3N4S/c1-4-9-8(7-20(3)19-9)11(17-5-2)10-6-18-12(21-10)13(14,15)16/h6-7,11,17H,4-5H2,1-3H3. The molecule has 21 heavy (non-hydrogen) atoms. The van der Waals surface area contributed by atoms with E-state index in [4.69, 9.17) is 0 Å². The molecule has 0 aliphatic carbocycles. The van der Waals surface area contributed by atoms with Gasteiger partial charge in [-0.05, 0) is 13.0 Å². The first-order valence-electron chi connectivity index (χ1n) is 6.65. The van der Waals surface area contributed by atoms with Crippen LogP contribution in [0.25, 0.3) is 0 Å². The third-order valence-corrected chi connectivity index (χ3v) is 4.15. The van der Waals surface area contributed by atoms with Crippen molar-refractivity contribution < 1.29 is 13.2 Å². The Bertz CT molecular complexity index is 603. The smallest absolute Gasteiger partial charge is 0.306 e. The molecule has 0 aliphatic heterocycles. The lowest BCUT2D eigenvalue weighted by Crippen LogP contribution is -2.21. The van der Waals surface area contributed by atoms with Gasteiger partial charge in [-0.1, -0.05) is 13.8 Å². The van der Waals surface area contributed by atoms with Crippen molar-refractivity contribution in [3.8, 4) is 0 Å². The average molecular weight is 318 g/mol. The molecule has 0 bridgehead atoms. The van der Waals surface area contributed by atoms with Gasteiger partial charge >= 0.3 is 6.18 Å². The summed E-state index contributed by atoms with van der Waals surface area (Å²) in [6, 6.07) is -0.313. The van der Waals surface area contributed by atoms with E-state index in [0.29, 0.717) is 22.8 Å². The third kappa shape index (κ3) is 3.44. The van der Waals surface area contributed by atoms with Crippen LogP contribution in [0.15, 0.2) is 12.4 Å². The molecule has 0 spiro atoms. The van der Waals surface area contributed by atoms with Crippen LogP contribution < -0.4 is 5.32 Å². The summed E-state index contributed by atoms with van der Waals surface area (Å²) in [4.78, 5) is 4.05. The van der Waals surface area contributed by atoms with Crippen molar-refractivity contribution in [3.05, 3.63) is 33.5 Å². The number of nitrogens with zero attached hydrogens (tertiary/aromatic N) is 3. The molecule has 0 fully saturated rings. The summed E-state index contributed by atoms with van der Waals surface area (Å²) in [6.07, 6.45) is -0.530. The number of hydrogen-bond acceptors (Lipinski definition) is 4. The van der Waals surface area contributed by atoms with Gasteiger partial charge in [-0.25, -0.2) is 4.98 Å². The van der Waals surface area contributed by atoms with Gasteiger partial charge in [0, 0.05) is 29.9 Å². The van der Waals surface area contributed by atoms with Crippen LogP contribution in [0.3, 0.4) is 0 Å². The number of thiazole rings is 1. The molecule has 1 atom stereocenters. The second-order valence-electron chi connectivity index (χ2n) is 4.61. The van der Waals surface area contributed by atoms with Crippen LogP contribution in [-0.4, -0.2) is 21.3 Å². The lowest BCUT2D eigenvalue weighted by Gasteiger charge is -2.15. The van der Waals surface area contributed by atoms with Gasteiger partial charge in [0.15, 0.2) is 5.01 Å². The van der Waals surface area contributed by atoms with E-state index in [-0.39, 0.29) is 6.04 Å². The molecular weight excluding hydrogens is 301 g/mol. The zero-order chi connectivity index (χ0) is 15.6. The number of nitrogens with one attached hydrogen (secondary N) is 1. The van der Waals surface area contributed by atoms with Gasteiger partial charge in [-0.3, -0.25) is 4.68 Å². The minimum Gasteiger partial charge on any atom is -0.306 e. The highest BCUT2D eigenvalue weighted by atomic mass is 32.1. The van der Waals surface area contributed by atoms with Crippen LogP contribution in [0.4, 0.5) is 13.2 Å². The van der Waals surface area contributed by atoms with Gasteiger partial charge in [0.1, 0.15) is 0 Å². The second-order valence-corrected chi connectivity index (χ2v) is 5.68. The quantitative estimate of drug-likeness (QED) is 0.921. The lowest BCUT2D eigenvalue weighted by molar-refractivity contribution is -0.137. The molecule has 0 aliphatic rings. The molecule has 116 valence electrons. The third-order valence-electron chi connectivity index (χ3n) is 3.04. The fourth-order valence-electron chi connectivity index (χ4n) is 2.19. The van der Waals surface area contributed by atoms with Crippen molar-refractivity contribution in [2.75, 3.05) is 6.54 Å². The molecule has 1 N–H and O–H groups in total. The summed E-state index contributed by atoms with van der Waals surface area (Å²) in [5.41, 5.74) is 1.78. The first-order valence-corrected chi connectivity index (χ1v) is 7.47. The van der Waals surface area contributed by atoms with E-state index in [9.17, 15) is 13.2 Å². The minimum atomic E-state index is -4.40. The van der Waals surface area contributed by atoms with E-state index in [1.807, 2.05) is 20.0 Å². The first-order chi connectivity index (χ1) is 9.86. The molecule has 0 amide bonds. The predicted molar refractivity (Wildman–Crippen MR) is 75.2 cm³/mol. The normalized spacial score (nSPS) is 13.6. The van der Waals surface area contributed by atoms with Gasteiger partial charge < -0.3 is 5.32 Å². The van der Waals surface area contributed by atoms with E-state index in [1.54, 1.807) is 11.7 Å². The highest BCUT2D eigenvalue weighted by Gasteiger charge is 2.35. The minimum absolute atomic E-state index is 0.313. The molecule has 1 unspecified atom stereocenters. The van der Waals surface area contributed by atoms with Crippen LogP contribution in [0.1, 0.15) is 41.0 Å². The Hall–Kier alpha value is -1.41. The Morgan fingerprint density at radius 2 is 2.10 bits per heavy atom. The maximum atomic E-state index is 12.7.